The van der Waals surface area contributed by atoms with Crippen LogP contribution in [0.2, 0.25) is 0 Å². The number of nitrogens with zero attached hydrogens (tertiary/aromatic N) is 1. The van der Waals surface area contributed by atoms with Gasteiger partial charge in [0.1, 0.15) is 0 Å². The summed E-state index contributed by atoms with van der Waals surface area (Å²) in [7, 11) is -3.17. The van der Waals surface area contributed by atoms with E-state index in [0.717, 1.165) is 0 Å². The molecule has 0 saturated carbocycles. The molecule has 2 rings (SSSR count). The van der Waals surface area contributed by atoms with E-state index in [1.165, 1.54) is 18.5 Å². The molecule has 0 radical (unpaired) electrons. The van der Waals surface area contributed by atoms with Crippen LogP contribution in [-0.2, 0) is 9.84 Å². The van der Waals surface area contributed by atoms with Crippen molar-refractivity contribution >= 4 is 20.7 Å². The normalized spacial score (nSPS) is 11.8. The Bertz CT molecular complexity index is 570. The Morgan fingerprint density at radius 2 is 1.86 bits per heavy atom. The topological polar surface area (TPSA) is 47.0 Å². The van der Waals surface area contributed by atoms with Crippen LogP contribution in [0.5, 0.6) is 0 Å². The SMILES string of the molecule is CS(=O)(=O)c1ccnc2ccccc12. The number of aromatic nitrogens is 1. The van der Waals surface area contributed by atoms with E-state index in [4.69, 9.17) is 0 Å². The molecule has 0 spiro atoms. The Hall–Kier alpha value is -1.42. The number of fused-ring (bicyclic) bond motifs is 1. The number of hydrogen-bond donors (Lipinski definition) is 0. The quantitative estimate of drug-likeness (QED) is 0.714. The van der Waals surface area contributed by atoms with Gasteiger partial charge in [0.05, 0.1) is 10.4 Å². The molecule has 0 atom stereocenters. The lowest BCUT2D eigenvalue weighted by Gasteiger charge is -2.02. The van der Waals surface area contributed by atoms with E-state index in [-0.39, 0.29) is 0 Å². The highest BCUT2D eigenvalue weighted by Crippen LogP contribution is 2.20. The first-order chi connectivity index (χ1) is 6.59. The second kappa shape index (κ2) is 3.06. The Morgan fingerprint density at radius 3 is 2.57 bits per heavy atom. The first-order valence-corrected chi connectivity index (χ1v) is 6.02. The highest BCUT2D eigenvalue weighted by Gasteiger charge is 2.10. The van der Waals surface area contributed by atoms with E-state index >= 15 is 0 Å². The molecular formula is C10H9NO2S. The molecule has 0 bridgehead atoms. The molecule has 0 saturated heterocycles. The molecule has 0 amide bonds. The van der Waals surface area contributed by atoms with Crippen molar-refractivity contribution in [3.8, 4) is 0 Å². The molecule has 0 N–H and O–H groups in total. The van der Waals surface area contributed by atoms with Crippen LogP contribution in [0.1, 0.15) is 0 Å². The Kier molecular flexibility index (Phi) is 2.00. The second-order valence-electron chi connectivity index (χ2n) is 3.10. The first kappa shape index (κ1) is 9.15. The third-order valence-corrected chi connectivity index (χ3v) is 3.16. The van der Waals surface area contributed by atoms with Gasteiger partial charge in [-0.05, 0) is 12.1 Å². The summed E-state index contributed by atoms with van der Waals surface area (Å²) in [5.41, 5.74) is 0.704. The number of benzene rings is 1. The number of sulfone groups is 1. The van der Waals surface area contributed by atoms with Crippen LogP contribution in [0, 0.1) is 0 Å². The van der Waals surface area contributed by atoms with E-state index in [1.54, 1.807) is 18.2 Å². The van der Waals surface area contributed by atoms with Crippen LogP contribution < -0.4 is 0 Å². The molecular weight excluding hydrogens is 198 g/mol. The largest absolute Gasteiger partial charge is 0.256 e. The van der Waals surface area contributed by atoms with Crippen molar-refractivity contribution in [1.82, 2.24) is 4.98 Å². The van der Waals surface area contributed by atoms with Gasteiger partial charge in [0.25, 0.3) is 0 Å². The molecule has 14 heavy (non-hydrogen) atoms. The number of pyridine rings is 1. The lowest BCUT2D eigenvalue weighted by Crippen LogP contribution is -1.98. The summed E-state index contributed by atoms with van der Waals surface area (Å²) >= 11 is 0. The van der Waals surface area contributed by atoms with Gasteiger partial charge in [0, 0.05) is 17.8 Å². The molecule has 0 aliphatic carbocycles. The first-order valence-electron chi connectivity index (χ1n) is 4.13. The Balaban J connectivity index is 2.92. The third kappa shape index (κ3) is 1.48. The van der Waals surface area contributed by atoms with Crippen molar-refractivity contribution in [2.75, 3.05) is 6.26 Å². The molecule has 1 heterocycles. The molecule has 4 heteroatoms. The fourth-order valence-electron chi connectivity index (χ4n) is 1.39. The second-order valence-corrected chi connectivity index (χ2v) is 5.08. The van der Waals surface area contributed by atoms with Gasteiger partial charge in [-0.15, -0.1) is 0 Å². The van der Waals surface area contributed by atoms with Crippen molar-refractivity contribution < 1.29 is 8.42 Å². The van der Waals surface area contributed by atoms with Gasteiger partial charge in [-0.2, -0.15) is 0 Å². The standard InChI is InChI=1S/C10H9NO2S/c1-14(12,13)10-6-7-11-9-5-3-2-4-8(9)10/h2-7H,1H3. The van der Waals surface area contributed by atoms with E-state index in [1.807, 2.05) is 6.07 Å². The maximum absolute atomic E-state index is 11.4. The summed E-state index contributed by atoms with van der Waals surface area (Å²) in [5.74, 6) is 0. The molecule has 2 aromatic rings. The molecule has 0 fully saturated rings. The van der Waals surface area contributed by atoms with Crippen LogP contribution in [0.25, 0.3) is 10.9 Å². The zero-order valence-electron chi connectivity index (χ0n) is 7.64. The highest BCUT2D eigenvalue weighted by molar-refractivity contribution is 7.91. The van der Waals surface area contributed by atoms with E-state index in [9.17, 15) is 8.42 Å². The Morgan fingerprint density at radius 1 is 1.14 bits per heavy atom. The zero-order valence-corrected chi connectivity index (χ0v) is 8.45. The molecule has 0 aliphatic heterocycles. The van der Waals surface area contributed by atoms with Crippen LogP contribution in [-0.4, -0.2) is 19.7 Å². The summed E-state index contributed by atoms with van der Waals surface area (Å²) in [6, 6.07) is 8.72. The highest BCUT2D eigenvalue weighted by atomic mass is 32.2. The summed E-state index contributed by atoms with van der Waals surface area (Å²) in [4.78, 5) is 4.43. The van der Waals surface area contributed by atoms with Gasteiger partial charge in [0.15, 0.2) is 9.84 Å². The predicted molar refractivity (Wildman–Crippen MR) is 54.9 cm³/mol. The summed E-state index contributed by atoms with van der Waals surface area (Å²) in [6.45, 7) is 0. The van der Waals surface area contributed by atoms with Gasteiger partial charge in [-0.3, -0.25) is 4.98 Å². The van der Waals surface area contributed by atoms with Crippen molar-refractivity contribution in [2.24, 2.45) is 0 Å². The van der Waals surface area contributed by atoms with Crippen molar-refractivity contribution in [1.29, 1.82) is 0 Å². The zero-order chi connectivity index (χ0) is 10.2. The fourth-order valence-corrected chi connectivity index (χ4v) is 2.27. The molecule has 1 aromatic heterocycles. The molecule has 3 nitrogen and oxygen atoms in total. The van der Waals surface area contributed by atoms with Gasteiger partial charge >= 0.3 is 0 Å². The lowest BCUT2D eigenvalue weighted by atomic mass is 10.2. The van der Waals surface area contributed by atoms with Crippen LogP contribution in [0.4, 0.5) is 0 Å². The van der Waals surface area contributed by atoms with Gasteiger partial charge < -0.3 is 0 Å². The summed E-state index contributed by atoms with van der Waals surface area (Å²) < 4.78 is 22.8. The maximum Gasteiger partial charge on any atom is 0.176 e. The average Bonchev–Trinajstić information content (AvgIpc) is 2.15. The molecule has 72 valence electrons. The molecule has 0 aliphatic rings. The van der Waals surface area contributed by atoms with Crippen molar-refractivity contribution in [2.45, 2.75) is 4.90 Å². The monoisotopic (exact) mass is 207 g/mol. The van der Waals surface area contributed by atoms with Crippen LogP contribution >= 0.6 is 0 Å². The number of para-hydroxylation sites is 1. The maximum atomic E-state index is 11.4. The predicted octanol–water partition coefficient (Wildman–Crippen LogP) is 1.64. The smallest absolute Gasteiger partial charge is 0.176 e. The van der Waals surface area contributed by atoms with E-state index in [0.29, 0.717) is 15.8 Å². The van der Waals surface area contributed by atoms with Gasteiger partial charge in [-0.1, -0.05) is 18.2 Å². The summed E-state index contributed by atoms with van der Waals surface area (Å²) in [5, 5.41) is 0.678. The number of rotatable bonds is 1. The minimum Gasteiger partial charge on any atom is -0.256 e. The van der Waals surface area contributed by atoms with E-state index < -0.39 is 9.84 Å². The van der Waals surface area contributed by atoms with Crippen molar-refractivity contribution in [3.63, 3.8) is 0 Å². The summed E-state index contributed by atoms with van der Waals surface area (Å²) in [6.07, 6.45) is 2.72. The van der Waals surface area contributed by atoms with Crippen LogP contribution in [0.15, 0.2) is 41.4 Å². The van der Waals surface area contributed by atoms with Gasteiger partial charge in [-0.25, -0.2) is 8.42 Å². The lowest BCUT2D eigenvalue weighted by molar-refractivity contribution is 0.602. The van der Waals surface area contributed by atoms with Gasteiger partial charge in [0.2, 0.25) is 0 Å². The Labute approximate surface area is 82.3 Å². The molecule has 0 unspecified atom stereocenters. The van der Waals surface area contributed by atoms with E-state index in [2.05, 4.69) is 4.98 Å². The minimum absolute atomic E-state index is 0.336. The van der Waals surface area contributed by atoms with Crippen LogP contribution in [0.3, 0.4) is 0 Å². The number of hydrogen-bond acceptors (Lipinski definition) is 3. The minimum atomic E-state index is -3.17. The average molecular weight is 207 g/mol. The fraction of sp³-hybridized carbons (Fsp3) is 0.100. The molecule has 1 aromatic carbocycles. The third-order valence-electron chi connectivity index (χ3n) is 2.01. The van der Waals surface area contributed by atoms with Crippen molar-refractivity contribution in [3.05, 3.63) is 36.5 Å².